The van der Waals surface area contributed by atoms with Crippen molar-refractivity contribution in [1.29, 1.82) is 0 Å². The smallest absolute Gasteiger partial charge is 0.257 e. The van der Waals surface area contributed by atoms with Gasteiger partial charge in [-0.15, -0.1) is 0 Å². The zero-order valence-corrected chi connectivity index (χ0v) is 12.3. The van der Waals surface area contributed by atoms with Gasteiger partial charge in [-0.3, -0.25) is 4.79 Å². The van der Waals surface area contributed by atoms with Crippen LogP contribution in [0.2, 0.25) is 0 Å². The number of piperazine rings is 1. The predicted octanol–water partition coefficient (Wildman–Crippen LogP) is 1.61. The lowest BCUT2D eigenvalue weighted by molar-refractivity contribution is 0.0661. The Bertz CT molecular complexity index is 506. The number of phenolic OH excluding ortho intramolecular Hbond substituents is 2. The Morgan fingerprint density at radius 3 is 2.25 bits per heavy atom. The van der Waals surface area contributed by atoms with Crippen LogP contribution in [0.25, 0.3) is 0 Å². The molecule has 20 heavy (non-hydrogen) atoms. The van der Waals surface area contributed by atoms with Gasteiger partial charge in [-0.05, 0) is 24.6 Å². The number of benzene rings is 1. The van der Waals surface area contributed by atoms with Gasteiger partial charge in [0.15, 0.2) is 0 Å². The zero-order chi connectivity index (χ0) is 14.9. The van der Waals surface area contributed by atoms with Crippen LogP contribution in [-0.4, -0.2) is 59.1 Å². The summed E-state index contributed by atoms with van der Waals surface area (Å²) >= 11 is 0. The summed E-state index contributed by atoms with van der Waals surface area (Å²) in [5.41, 5.74) is 0.955. The third kappa shape index (κ3) is 2.88. The molecule has 0 aromatic heterocycles. The number of hydrogen-bond acceptors (Lipinski definition) is 4. The van der Waals surface area contributed by atoms with Crippen molar-refractivity contribution in [2.75, 3.05) is 33.2 Å². The minimum atomic E-state index is -0.169. The van der Waals surface area contributed by atoms with Gasteiger partial charge in [-0.2, -0.15) is 0 Å². The minimum Gasteiger partial charge on any atom is -0.508 e. The monoisotopic (exact) mass is 278 g/mol. The van der Waals surface area contributed by atoms with Gasteiger partial charge < -0.3 is 20.0 Å². The number of rotatable bonds is 2. The Kier molecular flexibility index (Phi) is 4.18. The van der Waals surface area contributed by atoms with E-state index < -0.39 is 0 Å². The molecule has 0 saturated carbocycles. The molecule has 1 aliphatic rings. The number of aromatic hydroxyl groups is 2. The van der Waals surface area contributed by atoms with Crippen molar-refractivity contribution in [2.45, 2.75) is 19.8 Å². The molecule has 0 atom stereocenters. The quantitative estimate of drug-likeness (QED) is 0.862. The number of carbonyl (C=O) groups excluding carboxylic acids is 1. The van der Waals surface area contributed by atoms with Gasteiger partial charge in [-0.25, -0.2) is 0 Å². The number of carbonyl (C=O) groups is 1. The molecule has 1 aromatic rings. The Balaban J connectivity index is 2.27. The largest absolute Gasteiger partial charge is 0.508 e. The third-order valence-electron chi connectivity index (χ3n) is 3.79. The van der Waals surface area contributed by atoms with Crippen molar-refractivity contribution >= 4 is 5.91 Å². The molecule has 1 aromatic carbocycles. The maximum atomic E-state index is 12.5. The van der Waals surface area contributed by atoms with Crippen molar-refractivity contribution in [3.05, 3.63) is 23.3 Å². The molecule has 0 unspecified atom stereocenters. The molecule has 0 spiro atoms. The number of nitrogens with zero attached hydrogens (tertiary/aromatic N) is 2. The molecule has 0 aliphatic carbocycles. The molecule has 0 radical (unpaired) electrons. The summed E-state index contributed by atoms with van der Waals surface area (Å²) < 4.78 is 0. The number of hydrogen-bond donors (Lipinski definition) is 2. The molecule has 2 N–H and O–H groups in total. The Hall–Kier alpha value is -1.75. The van der Waals surface area contributed by atoms with Crippen molar-refractivity contribution in [3.63, 3.8) is 0 Å². The van der Waals surface area contributed by atoms with Crippen LogP contribution in [0.4, 0.5) is 0 Å². The summed E-state index contributed by atoms with van der Waals surface area (Å²) in [6.07, 6.45) is 0. The minimum absolute atomic E-state index is 0.0347. The number of phenols is 2. The van der Waals surface area contributed by atoms with Crippen LogP contribution in [0.15, 0.2) is 12.1 Å². The van der Waals surface area contributed by atoms with Crippen molar-refractivity contribution < 1.29 is 15.0 Å². The van der Waals surface area contributed by atoms with E-state index >= 15 is 0 Å². The molecule has 110 valence electrons. The van der Waals surface area contributed by atoms with Gasteiger partial charge in [0, 0.05) is 32.2 Å². The highest BCUT2D eigenvalue weighted by molar-refractivity contribution is 5.97. The van der Waals surface area contributed by atoms with Gasteiger partial charge >= 0.3 is 0 Å². The zero-order valence-electron chi connectivity index (χ0n) is 12.3. The van der Waals surface area contributed by atoms with Gasteiger partial charge in [0.25, 0.3) is 5.91 Å². The molecule has 1 aliphatic heterocycles. The summed E-state index contributed by atoms with van der Waals surface area (Å²) in [5, 5.41) is 19.8. The Labute approximate surface area is 119 Å². The fourth-order valence-electron chi connectivity index (χ4n) is 2.41. The van der Waals surface area contributed by atoms with Crippen molar-refractivity contribution in [2.24, 2.45) is 0 Å². The first-order valence-electron chi connectivity index (χ1n) is 6.94. The van der Waals surface area contributed by atoms with Crippen LogP contribution < -0.4 is 0 Å². The first-order valence-corrected chi connectivity index (χ1v) is 6.94. The van der Waals surface area contributed by atoms with Crippen LogP contribution in [0, 0.1) is 0 Å². The highest BCUT2D eigenvalue weighted by atomic mass is 16.3. The lowest BCUT2D eigenvalue weighted by Gasteiger charge is -2.32. The van der Waals surface area contributed by atoms with E-state index in [0.29, 0.717) is 18.7 Å². The van der Waals surface area contributed by atoms with Crippen molar-refractivity contribution in [1.82, 2.24) is 9.80 Å². The molecule has 1 heterocycles. The van der Waals surface area contributed by atoms with E-state index in [1.807, 2.05) is 20.9 Å². The number of amides is 1. The fourth-order valence-corrected chi connectivity index (χ4v) is 2.41. The Morgan fingerprint density at radius 1 is 1.10 bits per heavy atom. The van der Waals surface area contributed by atoms with Crippen LogP contribution >= 0.6 is 0 Å². The lowest BCUT2D eigenvalue weighted by Crippen LogP contribution is -2.47. The van der Waals surface area contributed by atoms with E-state index in [9.17, 15) is 15.0 Å². The first kappa shape index (κ1) is 14.7. The van der Waals surface area contributed by atoms with E-state index in [1.165, 1.54) is 6.07 Å². The summed E-state index contributed by atoms with van der Waals surface area (Å²) in [4.78, 5) is 16.4. The summed E-state index contributed by atoms with van der Waals surface area (Å²) in [7, 11) is 2.02. The van der Waals surface area contributed by atoms with E-state index in [4.69, 9.17) is 0 Å². The topological polar surface area (TPSA) is 64.0 Å². The second-order valence-electron chi connectivity index (χ2n) is 5.68. The molecule has 2 rings (SSSR count). The second-order valence-corrected chi connectivity index (χ2v) is 5.68. The van der Waals surface area contributed by atoms with E-state index in [1.54, 1.807) is 11.0 Å². The molecular weight excluding hydrogens is 256 g/mol. The van der Waals surface area contributed by atoms with Gasteiger partial charge in [0.1, 0.15) is 11.5 Å². The summed E-state index contributed by atoms with van der Waals surface area (Å²) in [6, 6.07) is 2.87. The predicted molar refractivity (Wildman–Crippen MR) is 77.3 cm³/mol. The van der Waals surface area contributed by atoms with Crippen molar-refractivity contribution in [3.8, 4) is 11.5 Å². The molecular formula is C15H22N2O3. The van der Waals surface area contributed by atoms with Crippen LogP contribution in [0.3, 0.4) is 0 Å². The molecule has 1 amide bonds. The lowest BCUT2D eigenvalue weighted by atomic mass is 9.98. The number of likely N-dealkylation sites (N-methyl/N-ethyl adjacent to an activating group) is 1. The fraction of sp³-hybridized carbons (Fsp3) is 0.533. The average Bonchev–Trinajstić information content (AvgIpc) is 2.38. The molecule has 1 fully saturated rings. The van der Waals surface area contributed by atoms with E-state index in [0.717, 1.165) is 13.1 Å². The highest BCUT2D eigenvalue weighted by Gasteiger charge is 2.24. The van der Waals surface area contributed by atoms with Gasteiger partial charge in [-0.1, -0.05) is 13.8 Å². The summed E-state index contributed by atoms with van der Waals surface area (Å²) in [6.45, 7) is 6.87. The van der Waals surface area contributed by atoms with E-state index in [-0.39, 0.29) is 28.9 Å². The van der Waals surface area contributed by atoms with Crippen LogP contribution in [0.5, 0.6) is 11.5 Å². The maximum Gasteiger partial charge on any atom is 0.257 e. The van der Waals surface area contributed by atoms with Crippen LogP contribution in [-0.2, 0) is 0 Å². The molecule has 5 heteroatoms. The third-order valence-corrected chi connectivity index (χ3v) is 3.79. The average molecular weight is 278 g/mol. The SMILES string of the molecule is CC(C)c1cc(C(=O)N2CCN(C)CC2)c(O)cc1O. The molecule has 1 saturated heterocycles. The summed E-state index contributed by atoms with van der Waals surface area (Å²) in [5.74, 6) is -0.199. The van der Waals surface area contributed by atoms with E-state index in [2.05, 4.69) is 4.90 Å². The molecule has 5 nitrogen and oxygen atoms in total. The molecule has 0 bridgehead atoms. The van der Waals surface area contributed by atoms with Gasteiger partial charge in [0.05, 0.1) is 5.56 Å². The Morgan fingerprint density at radius 2 is 1.70 bits per heavy atom. The van der Waals surface area contributed by atoms with Crippen LogP contribution in [0.1, 0.15) is 35.7 Å². The highest BCUT2D eigenvalue weighted by Crippen LogP contribution is 2.32. The first-order chi connectivity index (χ1) is 9.40. The standard InChI is InChI=1S/C15H22N2O3/c1-10(2)11-8-12(14(19)9-13(11)18)15(20)17-6-4-16(3)5-7-17/h8-10,18-19H,4-7H2,1-3H3. The van der Waals surface area contributed by atoms with Gasteiger partial charge in [0.2, 0.25) is 0 Å². The maximum absolute atomic E-state index is 12.5. The normalized spacial score (nSPS) is 16.7. The second kappa shape index (κ2) is 5.71.